The Bertz CT molecular complexity index is 840. The number of nitrogens with one attached hydrogen (secondary N) is 1. The van der Waals surface area contributed by atoms with Gasteiger partial charge in [-0.3, -0.25) is 9.78 Å². The molecule has 3 heterocycles. The molecule has 0 aromatic carbocycles. The number of nitrogens with zero attached hydrogens (tertiary/aromatic N) is 2. The van der Waals surface area contributed by atoms with Gasteiger partial charge in [0.05, 0.1) is 24.3 Å². The van der Waals surface area contributed by atoms with Crippen molar-refractivity contribution in [3.8, 4) is 5.75 Å². The van der Waals surface area contributed by atoms with Crippen LogP contribution in [0.25, 0.3) is 0 Å². The first-order chi connectivity index (χ1) is 15.8. The van der Waals surface area contributed by atoms with Gasteiger partial charge in [0, 0.05) is 51.0 Å². The number of methoxy groups -OCH3 is 1. The topological polar surface area (TPSA) is 72.9 Å². The van der Waals surface area contributed by atoms with E-state index in [0.29, 0.717) is 26.1 Å². The Morgan fingerprint density at radius 2 is 2.18 bits per heavy atom. The Morgan fingerprint density at radius 3 is 2.91 bits per heavy atom. The maximum atomic E-state index is 13.9. The molecule has 0 radical (unpaired) electrons. The zero-order chi connectivity index (χ0) is 23.6. The molecule has 4 atom stereocenters. The summed E-state index contributed by atoms with van der Waals surface area (Å²) in [7, 11) is 1.71. The molecular formula is C24H35F2N3O4. The molecule has 4 unspecified atom stereocenters. The molecule has 1 aromatic heterocycles. The number of rotatable bonds is 7. The van der Waals surface area contributed by atoms with Crippen LogP contribution in [0.3, 0.4) is 0 Å². The van der Waals surface area contributed by atoms with Crippen molar-refractivity contribution in [3.05, 3.63) is 23.5 Å². The Balaban J connectivity index is 1.45. The normalized spacial score (nSPS) is 30.0. The quantitative estimate of drug-likeness (QED) is 0.664. The zero-order valence-electron chi connectivity index (χ0n) is 19.7. The second kappa shape index (κ2) is 10.2. The lowest BCUT2D eigenvalue weighted by molar-refractivity contribution is -0.146. The number of aromatic nitrogens is 1. The summed E-state index contributed by atoms with van der Waals surface area (Å²) in [6, 6.07) is 2.07. The standard InChI is InChI=1S/C24H35F2N3O4/c1-15(2)24(7-4-17(11-24)28-20-6-9-32-14-21(20)31-3)22(30)29-8-5-19-16(13-29)10-18(12-27-19)33-23(25)26/h10,12,15,17,20-21,23,28H,4-9,11,13-14H2,1-3H3. The van der Waals surface area contributed by atoms with Crippen molar-refractivity contribution < 1.29 is 27.8 Å². The van der Waals surface area contributed by atoms with Gasteiger partial charge in [-0.05, 0) is 43.2 Å². The predicted octanol–water partition coefficient (Wildman–Crippen LogP) is 3.16. The molecule has 0 spiro atoms. The van der Waals surface area contributed by atoms with Gasteiger partial charge in [-0.25, -0.2) is 0 Å². The molecule has 1 aromatic rings. The van der Waals surface area contributed by atoms with Crippen LogP contribution in [0.1, 0.15) is 50.8 Å². The van der Waals surface area contributed by atoms with E-state index in [1.165, 1.54) is 6.20 Å². The highest BCUT2D eigenvalue weighted by Crippen LogP contribution is 2.46. The van der Waals surface area contributed by atoms with Crippen molar-refractivity contribution in [2.45, 2.75) is 77.3 Å². The van der Waals surface area contributed by atoms with Crippen LogP contribution in [0, 0.1) is 11.3 Å². The van der Waals surface area contributed by atoms with Gasteiger partial charge in [0.1, 0.15) is 5.75 Å². The van der Waals surface area contributed by atoms with Crippen LogP contribution in [0.15, 0.2) is 12.3 Å². The summed E-state index contributed by atoms with van der Waals surface area (Å²) in [6.45, 7) is 3.63. The van der Waals surface area contributed by atoms with E-state index in [4.69, 9.17) is 9.47 Å². The average Bonchev–Trinajstić information content (AvgIpc) is 3.23. The van der Waals surface area contributed by atoms with E-state index in [9.17, 15) is 13.6 Å². The van der Waals surface area contributed by atoms with Gasteiger partial charge in [-0.15, -0.1) is 0 Å². The van der Waals surface area contributed by atoms with Crippen molar-refractivity contribution in [1.82, 2.24) is 15.2 Å². The first-order valence-corrected chi connectivity index (χ1v) is 11.9. The van der Waals surface area contributed by atoms with Crippen LogP contribution in [0.2, 0.25) is 0 Å². The monoisotopic (exact) mass is 467 g/mol. The van der Waals surface area contributed by atoms with E-state index < -0.39 is 12.0 Å². The van der Waals surface area contributed by atoms with E-state index >= 15 is 0 Å². The van der Waals surface area contributed by atoms with Crippen LogP contribution >= 0.6 is 0 Å². The molecule has 2 aliphatic heterocycles. The van der Waals surface area contributed by atoms with E-state index in [0.717, 1.165) is 43.5 Å². The lowest BCUT2D eigenvalue weighted by atomic mass is 9.74. The number of amides is 1. The number of carbonyl (C=O) groups is 1. The highest BCUT2D eigenvalue weighted by molar-refractivity contribution is 5.83. The fourth-order valence-corrected chi connectivity index (χ4v) is 5.68. The van der Waals surface area contributed by atoms with E-state index in [1.54, 1.807) is 13.2 Å². The minimum absolute atomic E-state index is 0.0271. The molecule has 0 bridgehead atoms. The molecule has 2 fully saturated rings. The summed E-state index contributed by atoms with van der Waals surface area (Å²) < 4.78 is 40.9. The smallest absolute Gasteiger partial charge is 0.387 e. The van der Waals surface area contributed by atoms with Crippen molar-refractivity contribution >= 4 is 5.91 Å². The molecule has 7 nitrogen and oxygen atoms in total. The van der Waals surface area contributed by atoms with Gasteiger partial charge in [-0.1, -0.05) is 13.8 Å². The third kappa shape index (κ3) is 5.15. The SMILES string of the molecule is COC1COCCC1NC1CCC(C(=O)N2CCc3ncc(OC(F)F)cc3C2)(C(C)C)C1. The number of hydrogen-bond acceptors (Lipinski definition) is 6. The fraction of sp³-hybridized carbons (Fsp3) is 0.750. The summed E-state index contributed by atoms with van der Waals surface area (Å²) in [5.74, 6) is 0.381. The number of ether oxygens (including phenoxy) is 3. The number of carbonyl (C=O) groups excluding carboxylic acids is 1. The van der Waals surface area contributed by atoms with E-state index in [-0.39, 0.29) is 35.8 Å². The molecular weight excluding hydrogens is 432 g/mol. The molecule has 1 aliphatic carbocycles. The van der Waals surface area contributed by atoms with E-state index in [1.807, 2.05) is 4.90 Å². The number of hydrogen-bond donors (Lipinski definition) is 1. The highest BCUT2D eigenvalue weighted by Gasteiger charge is 2.50. The van der Waals surface area contributed by atoms with Gasteiger partial charge < -0.3 is 24.4 Å². The van der Waals surface area contributed by atoms with Gasteiger partial charge in [0.15, 0.2) is 0 Å². The lowest BCUT2D eigenvalue weighted by Gasteiger charge is -2.40. The minimum atomic E-state index is -2.90. The molecule has 9 heteroatoms. The maximum Gasteiger partial charge on any atom is 0.387 e. The summed E-state index contributed by atoms with van der Waals surface area (Å²) >= 11 is 0. The van der Waals surface area contributed by atoms with Crippen molar-refractivity contribution in [2.75, 3.05) is 26.9 Å². The third-order valence-electron chi connectivity index (χ3n) is 7.66. The van der Waals surface area contributed by atoms with Gasteiger partial charge >= 0.3 is 6.61 Å². The highest BCUT2D eigenvalue weighted by atomic mass is 19.3. The van der Waals surface area contributed by atoms with Crippen LogP contribution in [0.5, 0.6) is 5.75 Å². The molecule has 1 amide bonds. The van der Waals surface area contributed by atoms with Crippen LogP contribution in [-0.2, 0) is 27.2 Å². The summed E-state index contributed by atoms with van der Waals surface area (Å²) in [5.41, 5.74) is 1.19. The Morgan fingerprint density at radius 1 is 1.36 bits per heavy atom. The predicted molar refractivity (Wildman–Crippen MR) is 118 cm³/mol. The second-order valence-corrected chi connectivity index (χ2v) is 9.79. The van der Waals surface area contributed by atoms with Gasteiger partial charge in [0.25, 0.3) is 0 Å². The minimum Gasteiger partial charge on any atom is -0.433 e. The molecule has 184 valence electrons. The lowest BCUT2D eigenvalue weighted by Crippen LogP contribution is -2.52. The molecule has 1 N–H and O–H groups in total. The van der Waals surface area contributed by atoms with Gasteiger partial charge in [0.2, 0.25) is 5.91 Å². The summed E-state index contributed by atoms with van der Waals surface area (Å²) in [5, 5.41) is 3.75. The Labute approximate surface area is 194 Å². The summed E-state index contributed by atoms with van der Waals surface area (Å²) in [6.07, 6.45) is 5.43. The largest absolute Gasteiger partial charge is 0.433 e. The zero-order valence-corrected chi connectivity index (χ0v) is 19.7. The van der Waals surface area contributed by atoms with Crippen molar-refractivity contribution in [1.29, 1.82) is 0 Å². The average molecular weight is 468 g/mol. The maximum absolute atomic E-state index is 13.9. The van der Waals surface area contributed by atoms with Crippen molar-refractivity contribution in [2.24, 2.45) is 11.3 Å². The van der Waals surface area contributed by atoms with E-state index in [2.05, 4.69) is 28.9 Å². The number of halogens is 2. The first-order valence-electron chi connectivity index (χ1n) is 11.9. The van der Waals surface area contributed by atoms with Crippen LogP contribution in [0.4, 0.5) is 8.78 Å². The molecule has 1 saturated carbocycles. The summed E-state index contributed by atoms with van der Waals surface area (Å²) in [4.78, 5) is 20.0. The molecule has 1 saturated heterocycles. The van der Waals surface area contributed by atoms with Crippen molar-refractivity contribution in [3.63, 3.8) is 0 Å². The molecule has 3 aliphatic rings. The molecule has 4 rings (SSSR count). The first kappa shape index (κ1) is 24.3. The van der Waals surface area contributed by atoms with Crippen LogP contribution in [-0.4, -0.2) is 67.5 Å². The number of fused-ring (bicyclic) bond motifs is 1. The Kier molecular flexibility index (Phi) is 7.50. The molecule has 33 heavy (non-hydrogen) atoms. The number of pyridine rings is 1. The second-order valence-electron chi connectivity index (χ2n) is 9.79. The Hall–Kier alpha value is -1.84. The number of alkyl halides is 2. The fourth-order valence-electron chi connectivity index (χ4n) is 5.68. The third-order valence-corrected chi connectivity index (χ3v) is 7.66. The van der Waals surface area contributed by atoms with Gasteiger partial charge in [-0.2, -0.15) is 8.78 Å². The van der Waals surface area contributed by atoms with Crippen LogP contribution < -0.4 is 10.1 Å².